The van der Waals surface area contributed by atoms with Gasteiger partial charge in [-0.2, -0.15) is 0 Å². The molecule has 1 saturated heterocycles. The number of nitrogens with two attached hydrogens (primary N) is 1. The lowest BCUT2D eigenvalue weighted by molar-refractivity contribution is -0.0251. The fourth-order valence-electron chi connectivity index (χ4n) is 2.22. The quantitative estimate of drug-likeness (QED) is 0.588. The van der Waals surface area contributed by atoms with Gasteiger partial charge in [-0.1, -0.05) is 45.4 Å². The van der Waals surface area contributed by atoms with E-state index in [0.717, 1.165) is 13.0 Å². The Morgan fingerprint density at radius 1 is 1.17 bits per heavy atom. The van der Waals surface area contributed by atoms with E-state index in [1.165, 1.54) is 38.5 Å². The summed E-state index contributed by atoms with van der Waals surface area (Å²) < 4.78 is 10.9. The number of hydrogen-bond acceptors (Lipinski definition) is 4. The molecule has 1 aliphatic heterocycles. The van der Waals surface area contributed by atoms with E-state index in [1.807, 2.05) is 0 Å². The summed E-state index contributed by atoms with van der Waals surface area (Å²) in [4.78, 5) is 0. The van der Waals surface area contributed by atoms with Crippen molar-refractivity contribution in [1.29, 1.82) is 0 Å². The molecule has 4 nitrogen and oxygen atoms in total. The number of ether oxygens (including phenoxy) is 2. The summed E-state index contributed by atoms with van der Waals surface area (Å²) in [5, 5.41) is 9.65. The minimum Gasteiger partial charge on any atom is -0.389 e. The van der Waals surface area contributed by atoms with Gasteiger partial charge in [0, 0.05) is 6.61 Å². The molecule has 0 spiro atoms. The first-order valence-electron chi connectivity index (χ1n) is 7.38. The Morgan fingerprint density at radius 3 is 2.44 bits per heavy atom. The fourth-order valence-corrected chi connectivity index (χ4v) is 2.22. The largest absolute Gasteiger partial charge is 0.389 e. The van der Waals surface area contributed by atoms with Crippen molar-refractivity contribution in [2.24, 2.45) is 5.73 Å². The molecule has 0 radical (unpaired) electrons. The van der Waals surface area contributed by atoms with Gasteiger partial charge in [-0.05, 0) is 6.42 Å². The number of unbranched alkanes of at least 4 members (excludes halogenated alkanes) is 6. The SMILES string of the molecule is CCCCCCCCCOC[C@@H]1OC[C@H](N)[C@@H]1O. The van der Waals surface area contributed by atoms with Crippen molar-refractivity contribution in [3.05, 3.63) is 0 Å². The Labute approximate surface area is 111 Å². The predicted molar refractivity (Wildman–Crippen MR) is 72.5 cm³/mol. The van der Waals surface area contributed by atoms with Crippen LogP contribution in [0, 0.1) is 0 Å². The van der Waals surface area contributed by atoms with Gasteiger partial charge in [-0.25, -0.2) is 0 Å². The lowest BCUT2D eigenvalue weighted by atomic mass is 10.1. The zero-order valence-corrected chi connectivity index (χ0v) is 11.6. The first-order chi connectivity index (χ1) is 8.75. The van der Waals surface area contributed by atoms with Gasteiger partial charge < -0.3 is 20.3 Å². The summed E-state index contributed by atoms with van der Waals surface area (Å²) in [5.41, 5.74) is 5.65. The topological polar surface area (TPSA) is 64.7 Å². The van der Waals surface area contributed by atoms with Crippen molar-refractivity contribution in [2.45, 2.75) is 70.1 Å². The highest BCUT2D eigenvalue weighted by atomic mass is 16.5. The zero-order valence-electron chi connectivity index (χ0n) is 11.6. The maximum atomic E-state index is 9.65. The number of aliphatic hydroxyl groups is 1. The van der Waals surface area contributed by atoms with Crippen LogP contribution in [0.1, 0.15) is 51.9 Å². The van der Waals surface area contributed by atoms with Crippen molar-refractivity contribution in [3.8, 4) is 0 Å². The van der Waals surface area contributed by atoms with Crippen molar-refractivity contribution in [2.75, 3.05) is 19.8 Å². The van der Waals surface area contributed by atoms with Crippen LogP contribution < -0.4 is 5.73 Å². The van der Waals surface area contributed by atoms with E-state index >= 15 is 0 Å². The van der Waals surface area contributed by atoms with Crippen LogP contribution in [-0.2, 0) is 9.47 Å². The second-order valence-corrected chi connectivity index (χ2v) is 5.22. The van der Waals surface area contributed by atoms with Crippen molar-refractivity contribution in [3.63, 3.8) is 0 Å². The summed E-state index contributed by atoms with van der Waals surface area (Å²) in [5.74, 6) is 0. The van der Waals surface area contributed by atoms with E-state index in [4.69, 9.17) is 15.2 Å². The van der Waals surface area contributed by atoms with E-state index in [-0.39, 0.29) is 12.1 Å². The third kappa shape index (κ3) is 6.14. The number of rotatable bonds is 10. The second-order valence-electron chi connectivity index (χ2n) is 5.22. The molecule has 0 unspecified atom stereocenters. The molecule has 0 amide bonds. The van der Waals surface area contributed by atoms with Crippen LogP contribution in [0.5, 0.6) is 0 Å². The lowest BCUT2D eigenvalue weighted by Gasteiger charge is -2.15. The van der Waals surface area contributed by atoms with E-state index < -0.39 is 6.10 Å². The molecule has 4 heteroatoms. The standard InChI is InChI=1S/C14H29NO3/c1-2-3-4-5-6-7-8-9-17-11-13-14(16)12(15)10-18-13/h12-14,16H,2-11,15H2,1H3/t12-,13-,14-/m0/s1. The van der Waals surface area contributed by atoms with E-state index in [0.29, 0.717) is 13.2 Å². The summed E-state index contributed by atoms with van der Waals surface area (Å²) in [6.45, 7) is 3.90. The molecule has 108 valence electrons. The average molecular weight is 259 g/mol. The molecule has 3 atom stereocenters. The molecule has 1 rings (SSSR count). The van der Waals surface area contributed by atoms with Gasteiger partial charge in [-0.3, -0.25) is 0 Å². The molecule has 0 aromatic rings. The molecule has 0 aromatic carbocycles. The van der Waals surface area contributed by atoms with Gasteiger partial charge in [0.25, 0.3) is 0 Å². The Balaban J connectivity index is 1.84. The molecule has 1 heterocycles. The smallest absolute Gasteiger partial charge is 0.108 e. The van der Waals surface area contributed by atoms with Gasteiger partial charge in [0.05, 0.1) is 25.4 Å². The van der Waals surface area contributed by atoms with Gasteiger partial charge in [0.2, 0.25) is 0 Å². The minimum atomic E-state index is -0.570. The average Bonchev–Trinajstić information content (AvgIpc) is 2.68. The molecule has 0 saturated carbocycles. The number of hydrogen-bond donors (Lipinski definition) is 2. The molecule has 0 aromatic heterocycles. The summed E-state index contributed by atoms with van der Waals surface area (Å²) in [6.07, 6.45) is 8.19. The van der Waals surface area contributed by atoms with Gasteiger partial charge in [0.1, 0.15) is 6.10 Å². The maximum absolute atomic E-state index is 9.65. The van der Waals surface area contributed by atoms with Crippen LogP contribution in [-0.4, -0.2) is 43.2 Å². The molecular formula is C14H29NO3. The van der Waals surface area contributed by atoms with E-state index in [9.17, 15) is 5.11 Å². The monoisotopic (exact) mass is 259 g/mol. The van der Waals surface area contributed by atoms with Crippen LogP contribution >= 0.6 is 0 Å². The molecule has 1 fully saturated rings. The first-order valence-corrected chi connectivity index (χ1v) is 7.38. The second kappa shape index (κ2) is 9.73. The highest BCUT2D eigenvalue weighted by Crippen LogP contribution is 2.13. The van der Waals surface area contributed by atoms with Crippen molar-refractivity contribution < 1.29 is 14.6 Å². The third-order valence-corrected chi connectivity index (χ3v) is 3.50. The molecule has 0 bridgehead atoms. The van der Waals surface area contributed by atoms with Gasteiger partial charge in [0.15, 0.2) is 0 Å². The van der Waals surface area contributed by atoms with E-state index in [2.05, 4.69) is 6.92 Å². The molecule has 1 aliphatic rings. The number of aliphatic hydroxyl groups excluding tert-OH is 1. The minimum absolute atomic E-state index is 0.232. The van der Waals surface area contributed by atoms with Gasteiger partial charge >= 0.3 is 0 Å². The lowest BCUT2D eigenvalue weighted by Crippen LogP contribution is -2.38. The van der Waals surface area contributed by atoms with E-state index in [1.54, 1.807) is 0 Å². The van der Waals surface area contributed by atoms with Crippen LogP contribution in [0.4, 0.5) is 0 Å². The Morgan fingerprint density at radius 2 is 1.83 bits per heavy atom. The molecule has 3 N–H and O–H groups in total. The highest BCUT2D eigenvalue weighted by molar-refractivity contribution is 4.85. The molecule has 18 heavy (non-hydrogen) atoms. The summed E-state index contributed by atoms with van der Waals surface area (Å²) in [6, 6.07) is -0.253. The van der Waals surface area contributed by atoms with Crippen molar-refractivity contribution in [1.82, 2.24) is 0 Å². The van der Waals surface area contributed by atoms with Crippen LogP contribution in [0.15, 0.2) is 0 Å². The Kier molecular flexibility index (Phi) is 8.59. The fraction of sp³-hybridized carbons (Fsp3) is 1.00. The first kappa shape index (κ1) is 15.9. The summed E-state index contributed by atoms with van der Waals surface area (Å²) in [7, 11) is 0. The third-order valence-electron chi connectivity index (χ3n) is 3.50. The van der Waals surface area contributed by atoms with Gasteiger partial charge in [-0.15, -0.1) is 0 Å². The predicted octanol–water partition coefficient (Wildman–Crippen LogP) is 1.84. The Bertz CT molecular complexity index is 201. The van der Waals surface area contributed by atoms with Crippen LogP contribution in [0.3, 0.4) is 0 Å². The maximum Gasteiger partial charge on any atom is 0.108 e. The molecule has 0 aliphatic carbocycles. The normalized spacial score (nSPS) is 27.8. The highest BCUT2D eigenvalue weighted by Gasteiger charge is 2.33. The summed E-state index contributed by atoms with van der Waals surface area (Å²) >= 11 is 0. The molecular weight excluding hydrogens is 230 g/mol. The van der Waals surface area contributed by atoms with Crippen molar-refractivity contribution >= 4 is 0 Å². The Hall–Kier alpha value is -0.160. The van der Waals surface area contributed by atoms with Crippen LogP contribution in [0.2, 0.25) is 0 Å². The zero-order chi connectivity index (χ0) is 13.2. The van der Waals surface area contributed by atoms with Crippen LogP contribution in [0.25, 0.3) is 0 Å².